The zero-order chi connectivity index (χ0) is 16.1. The van der Waals surface area contributed by atoms with Crippen molar-refractivity contribution in [2.75, 3.05) is 26.8 Å². The van der Waals surface area contributed by atoms with E-state index in [1.165, 1.54) is 0 Å². The molecule has 1 amide bonds. The average Bonchev–Trinajstić information content (AvgIpc) is 2.52. The van der Waals surface area contributed by atoms with Gasteiger partial charge in [0, 0.05) is 13.1 Å². The standard InChI is InChI=1S/C16H21NO5/c1-11-9-13(3-4-14(11)21-2)22-10-15(18)17-7-5-12(6-8-17)16(19)20/h3-4,9,12H,5-8,10H2,1-2H3,(H,19,20). The van der Waals surface area contributed by atoms with Crippen molar-refractivity contribution in [2.45, 2.75) is 19.8 Å². The Labute approximate surface area is 129 Å². The highest BCUT2D eigenvalue weighted by atomic mass is 16.5. The highest BCUT2D eigenvalue weighted by Crippen LogP contribution is 2.23. The molecule has 0 aromatic heterocycles. The maximum absolute atomic E-state index is 12.1. The van der Waals surface area contributed by atoms with Crippen molar-refractivity contribution in [3.8, 4) is 11.5 Å². The second-order valence-electron chi connectivity index (χ2n) is 5.41. The van der Waals surface area contributed by atoms with Gasteiger partial charge in [-0.1, -0.05) is 0 Å². The van der Waals surface area contributed by atoms with E-state index in [1.54, 1.807) is 24.1 Å². The molecule has 1 aliphatic rings. The molecule has 6 nitrogen and oxygen atoms in total. The van der Waals surface area contributed by atoms with Gasteiger partial charge in [0.15, 0.2) is 6.61 Å². The third-order valence-electron chi connectivity index (χ3n) is 3.93. The number of aliphatic carboxylic acids is 1. The van der Waals surface area contributed by atoms with E-state index in [-0.39, 0.29) is 18.4 Å². The molecule has 0 unspecified atom stereocenters. The fraction of sp³-hybridized carbons (Fsp3) is 0.500. The number of benzene rings is 1. The van der Waals surface area contributed by atoms with Gasteiger partial charge in [-0.15, -0.1) is 0 Å². The average molecular weight is 307 g/mol. The number of rotatable bonds is 5. The first-order chi connectivity index (χ1) is 10.5. The number of piperidine rings is 1. The normalized spacial score (nSPS) is 15.5. The van der Waals surface area contributed by atoms with E-state index in [2.05, 4.69) is 0 Å². The lowest BCUT2D eigenvalue weighted by molar-refractivity contribution is -0.146. The maximum Gasteiger partial charge on any atom is 0.306 e. The van der Waals surface area contributed by atoms with Crippen molar-refractivity contribution in [1.82, 2.24) is 4.90 Å². The first kappa shape index (κ1) is 16.1. The molecule has 0 spiro atoms. The lowest BCUT2D eigenvalue weighted by Gasteiger charge is -2.30. The van der Waals surface area contributed by atoms with E-state index in [0.717, 1.165) is 11.3 Å². The number of nitrogens with zero attached hydrogens (tertiary/aromatic N) is 1. The lowest BCUT2D eigenvalue weighted by atomic mass is 9.97. The molecule has 0 bridgehead atoms. The van der Waals surface area contributed by atoms with Crippen molar-refractivity contribution in [1.29, 1.82) is 0 Å². The molecule has 1 fully saturated rings. The van der Waals surface area contributed by atoms with Crippen LogP contribution in [0.5, 0.6) is 11.5 Å². The van der Waals surface area contributed by atoms with E-state index in [1.807, 2.05) is 13.0 Å². The van der Waals surface area contributed by atoms with Crippen LogP contribution in [0.4, 0.5) is 0 Å². The Morgan fingerprint density at radius 3 is 2.55 bits per heavy atom. The highest BCUT2D eigenvalue weighted by Gasteiger charge is 2.27. The molecule has 2 rings (SSSR count). The van der Waals surface area contributed by atoms with Crippen LogP contribution in [-0.2, 0) is 9.59 Å². The fourth-order valence-corrected chi connectivity index (χ4v) is 2.55. The van der Waals surface area contributed by atoms with Gasteiger partial charge >= 0.3 is 5.97 Å². The molecule has 1 aromatic carbocycles. The maximum atomic E-state index is 12.1. The van der Waals surface area contributed by atoms with Gasteiger partial charge in [-0.25, -0.2) is 0 Å². The third kappa shape index (κ3) is 3.90. The van der Waals surface area contributed by atoms with Gasteiger partial charge in [0.1, 0.15) is 11.5 Å². The van der Waals surface area contributed by atoms with Gasteiger partial charge in [-0.2, -0.15) is 0 Å². The molecular weight excluding hydrogens is 286 g/mol. The Hall–Kier alpha value is -2.24. The van der Waals surface area contributed by atoms with Gasteiger partial charge in [-0.05, 0) is 43.5 Å². The number of hydrogen-bond donors (Lipinski definition) is 1. The largest absolute Gasteiger partial charge is 0.496 e. The quantitative estimate of drug-likeness (QED) is 0.896. The molecule has 1 heterocycles. The van der Waals surface area contributed by atoms with Crippen LogP contribution in [-0.4, -0.2) is 48.7 Å². The third-order valence-corrected chi connectivity index (χ3v) is 3.93. The van der Waals surface area contributed by atoms with Gasteiger partial charge < -0.3 is 19.5 Å². The van der Waals surface area contributed by atoms with Crippen molar-refractivity contribution in [3.05, 3.63) is 23.8 Å². The number of carbonyl (C=O) groups excluding carboxylic acids is 1. The number of carboxylic acids is 1. The van der Waals surface area contributed by atoms with E-state index >= 15 is 0 Å². The molecule has 1 aromatic rings. The molecular formula is C16H21NO5. The SMILES string of the molecule is COc1ccc(OCC(=O)N2CCC(C(=O)O)CC2)cc1C. The molecule has 1 aliphatic heterocycles. The number of aryl methyl sites for hydroxylation is 1. The first-order valence-electron chi connectivity index (χ1n) is 7.29. The lowest BCUT2D eigenvalue weighted by Crippen LogP contribution is -2.42. The molecule has 0 aliphatic carbocycles. The summed E-state index contributed by atoms with van der Waals surface area (Å²) < 4.78 is 10.7. The Bertz CT molecular complexity index is 549. The number of amides is 1. The first-order valence-corrected chi connectivity index (χ1v) is 7.29. The fourth-order valence-electron chi connectivity index (χ4n) is 2.55. The smallest absolute Gasteiger partial charge is 0.306 e. The number of carbonyl (C=O) groups is 2. The predicted molar refractivity (Wildman–Crippen MR) is 80.2 cm³/mol. The summed E-state index contributed by atoms with van der Waals surface area (Å²) >= 11 is 0. The van der Waals surface area contributed by atoms with Crippen molar-refractivity contribution in [3.63, 3.8) is 0 Å². The van der Waals surface area contributed by atoms with Crippen LogP contribution in [0.2, 0.25) is 0 Å². The van der Waals surface area contributed by atoms with Crippen LogP contribution in [0.25, 0.3) is 0 Å². The zero-order valence-corrected chi connectivity index (χ0v) is 12.9. The van der Waals surface area contributed by atoms with Crippen LogP contribution >= 0.6 is 0 Å². The summed E-state index contributed by atoms with van der Waals surface area (Å²) in [5.74, 6) is 0.157. The number of carboxylic acid groups (broad SMARTS) is 1. The summed E-state index contributed by atoms with van der Waals surface area (Å²) in [4.78, 5) is 24.6. The van der Waals surface area contributed by atoms with E-state index in [9.17, 15) is 9.59 Å². The Kier molecular flexibility index (Phi) is 5.25. The number of methoxy groups -OCH3 is 1. The van der Waals surface area contributed by atoms with E-state index in [4.69, 9.17) is 14.6 Å². The number of likely N-dealkylation sites (tertiary alicyclic amines) is 1. The molecule has 0 atom stereocenters. The second kappa shape index (κ2) is 7.15. The molecule has 22 heavy (non-hydrogen) atoms. The summed E-state index contributed by atoms with van der Waals surface area (Å²) in [6, 6.07) is 5.38. The second-order valence-corrected chi connectivity index (χ2v) is 5.41. The highest BCUT2D eigenvalue weighted by molar-refractivity contribution is 5.78. The minimum absolute atomic E-state index is 0.0382. The van der Waals surface area contributed by atoms with Crippen molar-refractivity contribution >= 4 is 11.9 Å². The van der Waals surface area contributed by atoms with Gasteiger partial charge in [-0.3, -0.25) is 9.59 Å². The number of hydrogen-bond acceptors (Lipinski definition) is 4. The van der Waals surface area contributed by atoms with Gasteiger partial charge in [0.25, 0.3) is 5.91 Å². The summed E-state index contributed by atoms with van der Waals surface area (Å²) in [6.45, 7) is 2.81. The summed E-state index contributed by atoms with van der Waals surface area (Å²) in [5, 5.41) is 8.95. The van der Waals surface area contributed by atoms with E-state index in [0.29, 0.717) is 31.7 Å². The van der Waals surface area contributed by atoms with Crippen molar-refractivity contribution in [2.24, 2.45) is 5.92 Å². The Morgan fingerprint density at radius 2 is 2.00 bits per heavy atom. The van der Waals surface area contributed by atoms with Crippen LogP contribution < -0.4 is 9.47 Å². The Balaban J connectivity index is 1.83. The van der Waals surface area contributed by atoms with Gasteiger partial charge in [0.2, 0.25) is 0 Å². The summed E-state index contributed by atoms with van der Waals surface area (Å²) in [5.41, 5.74) is 0.940. The molecule has 0 saturated carbocycles. The van der Waals surface area contributed by atoms with Crippen LogP contribution in [0.3, 0.4) is 0 Å². The van der Waals surface area contributed by atoms with Crippen LogP contribution in [0.15, 0.2) is 18.2 Å². The molecule has 0 radical (unpaired) electrons. The molecule has 6 heteroatoms. The minimum atomic E-state index is -0.781. The van der Waals surface area contributed by atoms with Crippen molar-refractivity contribution < 1.29 is 24.2 Å². The summed E-state index contributed by atoms with van der Waals surface area (Å²) in [6.07, 6.45) is 1.01. The monoisotopic (exact) mass is 307 g/mol. The number of ether oxygens (including phenoxy) is 2. The summed E-state index contributed by atoms with van der Waals surface area (Å²) in [7, 11) is 1.60. The van der Waals surface area contributed by atoms with Crippen LogP contribution in [0.1, 0.15) is 18.4 Å². The predicted octanol–water partition coefficient (Wildman–Crippen LogP) is 1.71. The molecule has 1 saturated heterocycles. The Morgan fingerprint density at radius 1 is 1.32 bits per heavy atom. The van der Waals surface area contributed by atoms with Gasteiger partial charge in [0.05, 0.1) is 13.0 Å². The zero-order valence-electron chi connectivity index (χ0n) is 12.9. The molecule has 1 N–H and O–H groups in total. The topological polar surface area (TPSA) is 76.1 Å². The molecule has 120 valence electrons. The van der Waals surface area contributed by atoms with Crippen LogP contribution in [0, 0.1) is 12.8 Å². The van der Waals surface area contributed by atoms with E-state index < -0.39 is 5.97 Å². The minimum Gasteiger partial charge on any atom is -0.496 e.